The maximum absolute atomic E-state index is 13.2. The fourth-order valence-corrected chi connectivity index (χ4v) is 4.56. The molecule has 2 unspecified atom stereocenters. The van der Waals surface area contributed by atoms with E-state index < -0.39 is 17.9 Å². The topological polar surface area (TPSA) is 126 Å². The van der Waals surface area contributed by atoms with E-state index in [-0.39, 0.29) is 18.1 Å². The van der Waals surface area contributed by atoms with Gasteiger partial charge in [0, 0.05) is 42.3 Å². The molecule has 0 bridgehead atoms. The van der Waals surface area contributed by atoms with Crippen LogP contribution < -0.4 is 16.0 Å². The van der Waals surface area contributed by atoms with Gasteiger partial charge in [0.05, 0.1) is 5.92 Å². The van der Waals surface area contributed by atoms with Crippen molar-refractivity contribution in [3.05, 3.63) is 59.8 Å². The minimum atomic E-state index is -1.50. The molecule has 1 aromatic heterocycles. The average molecular weight is 475 g/mol. The number of anilines is 3. The first-order valence-electron chi connectivity index (χ1n) is 11.8. The molecule has 1 fully saturated rings. The SMILES string of the molecule is CCC(=O)Cc1cc(NC(=O)C(O)C2CCCN(c3ccc(C)cc3)C2=O)cc2ccnc(N)c12. The number of carbonyl (C=O) groups is 3. The number of piperidine rings is 1. The Hall–Kier alpha value is -3.78. The number of aliphatic hydroxyl groups is 1. The molecule has 1 saturated heterocycles. The highest BCUT2D eigenvalue weighted by molar-refractivity contribution is 6.04. The largest absolute Gasteiger partial charge is 0.383 e. The number of rotatable bonds is 7. The van der Waals surface area contributed by atoms with Crippen LogP contribution in [-0.2, 0) is 20.8 Å². The second-order valence-electron chi connectivity index (χ2n) is 9.01. The maximum Gasteiger partial charge on any atom is 0.254 e. The van der Waals surface area contributed by atoms with Gasteiger partial charge in [-0.15, -0.1) is 0 Å². The van der Waals surface area contributed by atoms with Crippen molar-refractivity contribution in [3.8, 4) is 0 Å². The number of nitrogens with zero attached hydrogens (tertiary/aromatic N) is 2. The molecule has 0 aliphatic carbocycles. The van der Waals surface area contributed by atoms with E-state index in [0.29, 0.717) is 48.3 Å². The fourth-order valence-electron chi connectivity index (χ4n) is 4.56. The van der Waals surface area contributed by atoms with Crippen LogP contribution in [0.5, 0.6) is 0 Å². The van der Waals surface area contributed by atoms with Crippen molar-refractivity contribution in [2.75, 3.05) is 22.5 Å². The summed E-state index contributed by atoms with van der Waals surface area (Å²) in [5.74, 6) is -1.44. The van der Waals surface area contributed by atoms with Crippen LogP contribution in [0.3, 0.4) is 0 Å². The van der Waals surface area contributed by atoms with Gasteiger partial charge in [0.15, 0.2) is 0 Å². The summed E-state index contributed by atoms with van der Waals surface area (Å²) < 4.78 is 0. The van der Waals surface area contributed by atoms with E-state index in [2.05, 4.69) is 10.3 Å². The first-order chi connectivity index (χ1) is 16.8. The van der Waals surface area contributed by atoms with Crippen LogP contribution in [0.4, 0.5) is 17.2 Å². The number of amides is 2. The van der Waals surface area contributed by atoms with Crippen LogP contribution in [0.15, 0.2) is 48.7 Å². The van der Waals surface area contributed by atoms with Gasteiger partial charge in [-0.05, 0) is 61.0 Å². The number of nitrogens with two attached hydrogens (primary N) is 1. The summed E-state index contributed by atoms with van der Waals surface area (Å²) in [6, 6.07) is 12.8. The molecule has 2 atom stereocenters. The van der Waals surface area contributed by atoms with E-state index in [4.69, 9.17) is 5.73 Å². The fraction of sp³-hybridized carbons (Fsp3) is 0.333. The molecular weight excluding hydrogens is 444 g/mol. The van der Waals surface area contributed by atoms with Gasteiger partial charge in [-0.3, -0.25) is 14.4 Å². The summed E-state index contributed by atoms with van der Waals surface area (Å²) in [6.45, 7) is 4.30. The van der Waals surface area contributed by atoms with Crippen molar-refractivity contribution in [2.24, 2.45) is 5.92 Å². The molecule has 2 aromatic carbocycles. The van der Waals surface area contributed by atoms with Gasteiger partial charge in [0.25, 0.3) is 5.91 Å². The number of benzene rings is 2. The van der Waals surface area contributed by atoms with Crippen molar-refractivity contribution in [2.45, 2.75) is 45.6 Å². The Morgan fingerprint density at radius 3 is 2.69 bits per heavy atom. The summed E-state index contributed by atoms with van der Waals surface area (Å²) in [5, 5.41) is 15.0. The number of pyridine rings is 1. The van der Waals surface area contributed by atoms with E-state index in [1.807, 2.05) is 31.2 Å². The zero-order valence-corrected chi connectivity index (χ0v) is 20.0. The number of aliphatic hydroxyl groups excluding tert-OH is 1. The van der Waals surface area contributed by atoms with Crippen molar-refractivity contribution in [1.82, 2.24) is 4.98 Å². The Morgan fingerprint density at radius 1 is 1.23 bits per heavy atom. The molecule has 4 N–H and O–H groups in total. The monoisotopic (exact) mass is 474 g/mol. The summed E-state index contributed by atoms with van der Waals surface area (Å²) >= 11 is 0. The third-order valence-corrected chi connectivity index (χ3v) is 6.50. The lowest BCUT2D eigenvalue weighted by atomic mass is 9.90. The number of hydrogen-bond acceptors (Lipinski definition) is 6. The second kappa shape index (κ2) is 10.2. The van der Waals surface area contributed by atoms with Gasteiger partial charge in [-0.25, -0.2) is 4.98 Å². The maximum atomic E-state index is 13.2. The zero-order valence-electron chi connectivity index (χ0n) is 20.0. The molecule has 8 heteroatoms. The van der Waals surface area contributed by atoms with Crippen molar-refractivity contribution >= 4 is 45.6 Å². The zero-order chi connectivity index (χ0) is 25.1. The second-order valence-corrected chi connectivity index (χ2v) is 9.01. The van der Waals surface area contributed by atoms with Crippen LogP contribution in [-0.4, -0.2) is 40.3 Å². The number of ketones is 1. The molecule has 2 amide bonds. The molecule has 35 heavy (non-hydrogen) atoms. The van der Waals surface area contributed by atoms with E-state index in [9.17, 15) is 19.5 Å². The van der Waals surface area contributed by atoms with Crippen LogP contribution in [0.2, 0.25) is 0 Å². The van der Waals surface area contributed by atoms with Gasteiger partial charge < -0.3 is 21.1 Å². The summed E-state index contributed by atoms with van der Waals surface area (Å²) in [7, 11) is 0. The van der Waals surface area contributed by atoms with E-state index >= 15 is 0 Å². The van der Waals surface area contributed by atoms with E-state index in [0.717, 1.165) is 16.6 Å². The smallest absolute Gasteiger partial charge is 0.254 e. The quantitative estimate of drug-likeness (QED) is 0.482. The van der Waals surface area contributed by atoms with Crippen LogP contribution in [0.25, 0.3) is 10.8 Å². The van der Waals surface area contributed by atoms with Crippen molar-refractivity contribution in [1.29, 1.82) is 0 Å². The predicted molar refractivity (Wildman–Crippen MR) is 136 cm³/mol. The summed E-state index contributed by atoms with van der Waals surface area (Å²) in [6.07, 6.45) is 1.69. The van der Waals surface area contributed by atoms with Gasteiger partial charge in [-0.1, -0.05) is 24.6 Å². The molecule has 2 heterocycles. The number of aryl methyl sites for hydroxylation is 1. The minimum absolute atomic E-state index is 0.0297. The highest BCUT2D eigenvalue weighted by Crippen LogP contribution is 2.30. The van der Waals surface area contributed by atoms with Gasteiger partial charge in [0.1, 0.15) is 17.7 Å². The third kappa shape index (κ3) is 5.17. The van der Waals surface area contributed by atoms with Gasteiger partial charge in [-0.2, -0.15) is 0 Å². The molecule has 0 radical (unpaired) electrons. The molecule has 1 aliphatic rings. The average Bonchev–Trinajstić information content (AvgIpc) is 2.84. The first-order valence-corrected chi connectivity index (χ1v) is 11.8. The lowest BCUT2D eigenvalue weighted by Crippen LogP contribution is -2.49. The standard InChI is InChI=1S/C27H30N4O4/c1-3-21(32)15-18-14-19(13-17-10-11-29-25(28)23(17)18)30-26(34)24(33)22-5-4-12-31(27(22)35)20-8-6-16(2)7-9-20/h6-11,13-14,22,24,33H,3-5,12,15H2,1-2H3,(H2,28,29)(H,30,34). The number of hydrogen-bond donors (Lipinski definition) is 3. The lowest BCUT2D eigenvalue weighted by molar-refractivity contribution is -0.136. The molecule has 0 spiro atoms. The Balaban J connectivity index is 1.56. The molecule has 182 valence electrons. The predicted octanol–water partition coefficient (Wildman–Crippen LogP) is 3.39. The normalized spacial score (nSPS) is 16.8. The third-order valence-electron chi connectivity index (χ3n) is 6.50. The number of carbonyl (C=O) groups excluding carboxylic acids is 3. The molecular formula is C27H30N4O4. The van der Waals surface area contributed by atoms with Crippen molar-refractivity contribution in [3.63, 3.8) is 0 Å². The van der Waals surface area contributed by atoms with E-state index in [1.54, 1.807) is 36.2 Å². The van der Waals surface area contributed by atoms with Gasteiger partial charge in [0.2, 0.25) is 5.91 Å². The summed E-state index contributed by atoms with van der Waals surface area (Å²) in [5.41, 5.74) is 8.98. The minimum Gasteiger partial charge on any atom is -0.383 e. The molecule has 4 rings (SSSR count). The van der Waals surface area contributed by atoms with Gasteiger partial charge >= 0.3 is 0 Å². The highest BCUT2D eigenvalue weighted by Gasteiger charge is 2.38. The number of nitrogen functional groups attached to an aromatic ring is 1. The Labute approximate surface area is 204 Å². The number of fused-ring (bicyclic) bond motifs is 1. The van der Waals surface area contributed by atoms with Crippen LogP contribution in [0, 0.1) is 12.8 Å². The number of Topliss-reactive ketones (excluding diaryl/α,β-unsaturated/α-hetero) is 1. The lowest BCUT2D eigenvalue weighted by Gasteiger charge is -2.34. The molecule has 1 aliphatic heterocycles. The molecule has 8 nitrogen and oxygen atoms in total. The molecule has 0 saturated carbocycles. The Bertz CT molecular complexity index is 1270. The summed E-state index contributed by atoms with van der Waals surface area (Å²) in [4.78, 5) is 44.1. The Kier molecular flexibility index (Phi) is 7.12. The molecule has 3 aromatic rings. The number of aromatic nitrogens is 1. The van der Waals surface area contributed by atoms with Crippen molar-refractivity contribution < 1.29 is 19.5 Å². The van der Waals surface area contributed by atoms with Crippen LogP contribution in [0.1, 0.15) is 37.3 Å². The Morgan fingerprint density at radius 2 is 1.97 bits per heavy atom. The van der Waals surface area contributed by atoms with Crippen LogP contribution >= 0.6 is 0 Å². The van der Waals surface area contributed by atoms with E-state index in [1.165, 1.54) is 0 Å². The number of nitrogens with one attached hydrogen (secondary N) is 1. The highest BCUT2D eigenvalue weighted by atomic mass is 16.3. The first kappa shape index (κ1) is 24.3.